The van der Waals surface area contributed by atoms with Gasteiger partial charge in [-0.3, -0.25) is 9.58 Å². The fourth-order valence-electron chi connectivity index (χ4n) is 3.45. The van der Waals surface area contributed by atoms with E-state index in [1.54, 1.807) is 0 Å². The minimum absolute atomic E-state index is 0.236. The number of aryl methyl sites for hydroxylation is 2. The predicted molar refractivity (Wildman–Crippen MR) is 92.6 cm³/mol. The van der Waals surface area contributed by atoms with Gasteiger partial charge in [0.25, 0.3) is 0 Å². The van der Waals surface area contributed by atoms with E-state index in [9.17, 15) is 5.11 Å². The molecule has 0 bridgehead atoms. The molecule has 0 aromatic carbocycles. The van der Waals surface area contributed by atoms with E-state index in [1.807, 2.05) is 36.1 Å². The van der Waals surface area contributed by atoms with E-state index in [1.165, 1.54) is 0 Å². The molecule has 1 N–H and O–H groups in total. The number of aliphatic hydroxyl groups is 1. The molecule has 1 unspecified atom stereocenters. The van der Waals surface area contributed by atoms with Gasteiger partial charge in [0.15, 0.2) is 0 Å². The summed E-state index contributed by atoms with van der Waals surface area (Å²) in [5.41, 5.74) is 0. The van der Waals surface area contributed by atoms with Crippen LogP contribution in [0.15, 0.2) is 35.0 Å². The van der Waals surface area contributed by atoms with Crippen LogP contribution in [0.3, 0.4) is 0 Å². The molecule has 1 aliphatic rings. The van der Waals surface area contributed by atoms with Crippen LogP contribution in [-0.2, 0) is 13.1 Å². The largest absolute Gasteiger partial charge is 0.465 e. The quantitative estimate of drug-likeness (QED) is 0.798. The van der Waals surface area contributed by atoms with Gasteiger partial charge in [0.05, 0.1) is 6.54 Å². The van der Waals surface area contributed by atoms with Gasteiger partial charge in [-0.25, -0.2) is 0 Å². The fraction of sp³-hybridized carbons (Fsp3) is 0.611. The molecule has 3 heterocycles. The minimum atomic E-state index is 0.236. The molecule has 0 aliphatic carbocycles. The second-order valence-corrected chi connectivity index (χ2v) is 6.57. The number of nitrogens with zero attached hydrogens (tertiary/aromatic N) is 4. The molecule has 0 spiro atoms. The summed E-state index contributed by atoms with van der Waals surface area (Å²) in [5.74, 6) is 1.98. The maximum absolute atomic E-state index is 9.41. The van der Waals surface area contributed by atoms with E-state index >= 15 is 0 Å². The smallest absolute Gasteiger partial charge is 0.118 e. The van der Waals surface area contributed by atoms with Crippen LogP contribution < -0.4 is 0 Å². The normalized spacial score (nSPS) is 19.8. The lowest BCUT2D eigenvalue weighted by Crippen LogP contribution is -2.53. The van der Waals surface area contributed by atoms with E-state index in [4.69, 9.17) is 4.42 Å². The minimum Gasteiger partial charge on any atom is -0.465 e. The van der Waals surface area contributed by atoms with Crippen LogP contribution in [-0.4, -0.2) is 63.5 Å². The molecular formula is C18H28N4O2. The molecule has 2 aromatic heterocycles. The zero-order valence-corrected chi connectivity index (χ0v) is 14.5. The van der Waals surface area contributed by atoms with E-state index in [2.05, 4.69) is 21.0 Å². The Morgan fingerprint density at radius 1 is 1.29 bits per heavy atom. The number of piperazine rings is 1. The lowest BCUT2D eigenvalue weighted by Gasteiger charge is -2.41. The van der Waals surface area contributed by atoms with Crippen molar-refractivity contribution in [2.75, 3.05) is 32.8 Å². The van der Waals surface area contributed by atoms with Gasteiger partial charge in [0.2, 0.25) is 0 Å². The molecule has 1 aliphatic heterocycles. The van der Waals surface area contributed by atoms with Crippen molar-refractivity contribution in [3.63, 3.8) is 0 Å². The van der Waals surface area contributed by atoms with Crippen LogP contribution in [0.1, 0.15) is 24.4 Å². The Balaban J connectivity index is 1.48. The number of aromatic nitrogens is 2. The number of furan rings is 1. The molecule has 2 aromatic rings. The van der Waals surface area contributed by atoms with Crippen molar-refractivity contribution in [3.8, 4) is 0 Å². The monoisotopic (exact) mass is 332 g/mol. The number of hydrogen-bond donors (Lipinski definition) is 1. The van der Waals surface area contributed by atoms with Gasteiger partial charge in [-0.1, -0.05) is 0 Å². The molecular weight excluding hydrogens is 304 g/mol. The van der Waals surface area contributed by atoms with Gasteiger partial charge < -0.3 is 14.4 Å². The highest BCUT2D eigenvalue weighted by molar-refractivity contribution is 5.06. The first-order valence-electron chi connectivity index (χ1n) is 8.84. The van der Waals surface area contributed by atoms with Crippen LogP contribution in [0.4, 0.5) is 0 Å². The SMILES string of the molecule is Cc1ccc(CN2CCN(CCCn3cccn3)CC2CCO)o1. The van der Waals surface area contributed by atoms with Crippen LogP contribution >= 0.6 is 0 Å². The number of aliphatic hydroxyl groups excluding tert-OH is 1. The highest BCUT2D eigenvalue weighted by atomic mass is 16.3. The summed E-state index contributed by atoms with van der Waals surface area (Å²) in [6.07, 6.45) is 5.75. The zero-order chi connectivity index (χ0) is 16.8. The lowest BCUT2D eigenvalue weighted by atomic mass is 10.1. The average Bonchev–Trinajstić information content (AvgIpc) is 3.22. The van der Waals surface area contributed by atoms with E-state index in [-0.39, 0.29) is 6.61 Å². The molecule has 3 rings (SSSR count). The maximum atomic E-state index is 9.41. The lowest BCUT2D eigenvalue weighted by molar-refractivity contribution is 0.0479. The molecule has 24 heavy (non-hydrogen) atoms. The van der Waals surface area contributed by atoms with Crippen molar-refractivity contribution < 1.29 is 9.52 Å². The Kier molecular flexibility index (Phi) is 6.07. The zero-order valence-electron chi connectivity index (χ0n) is 14.5. The van der Waals surface area contributed by atoms with E-state index < -0.39 is 0 Å². The third-order valence-electron chi connectivity index (χ3n) is 4.73. The summed E-state index contributed by atoms with van der Waals surface area (Å²) >= 11 is 0. The summed E-state index contributed by atoms with van der Waals surface area (Å²) in [7, 11) is 0. The first kappa shape index (κ1) is 17.2. The van der Waals surface area contributed by atoms with Crippen LogP contribution in [0, 0.1) is 6.92 Å². The van der Waals surface area contributed by atoms with Crippen molar-refractivity contribution >= 4 is 0 Å². The van der Waals surface area contributed by atoms with Gasteiger partial charge in [0, 0.05) is 57.8 Å². The molecule has 0 radical (unpaired) electrons. The Labute approximate surface area is 143 Å². The molecule has 132 valence electrons. The van der Waals surface area contributed by atoms with Gasteiger partial charge >= 0.3 is 0 Å². The van der Waals surface area contributed by atoms with Crippen LogP contribution in [0.25, 0.3) is 0 Å². The third kappa shape index (κ3) is 4.69. The highest BCUT2D eigenvalue weighted by Gasteiger charge is 2.27. The van der Waals surface area contributed by atoms with Crippen LogP contribution in [0.2, 0.25) is 0 Å². The highest BCUT2D eigenvalue weighted by Crippen LogP contribution is 2.18. The molecule has 0 amide bonds. The Morgan fingerprint density at radius 3 is 2.92 bits per heavy atom. The molecule has 0 saturated carbocycles. The fourth-order valence-corrected chi connectivity index (χ4v) is 3.45. The van der Waals surface area contributed by atoms with Crippen molar-refractivity contribution in [3.05, 3.63) is 42.1 Å². The second kappa shape index (κ2) is 8.46. The second-order valence-electron chi connectivity index (χ2n) is 6.57. The Morgan fingerprint density at radius 2 is 2.21 bits per heavy atom. The predicted octanol–water partition coefficient (Wildman–Crippen LogP) is 1.74. The standard InChI is InChI=1S/C18H28N4O2/c1-16-4-5-18(24-16)15-21-12-11-20(14-17(21)6-13-23)8-3-10-22-9-2-7-19-22/h2,4-5,7,9,17,23H,3,6,8,10-15H2,1H3. The third-order valence-corrected chi connectivity index (χ3v) is 4.73. The van der Waals surface area contributed by atoms with Crippen molar-refractivity contribution in [2.24, 2.45) is 0 Å². The molecule has 1 atom stereocenters. The molecule has 1 saturated heterocycles. The summed E-state index contributed by atoms with van der Waals surface area (Å²) < 4.78 is 7.71. The molecule has 6 nitrogen and oxygen atoms in total. The number of hydrogen-bond acceptors (Lipinski definition) is 5. The van der Waals surface area contributed by atoms with Gasteiger partial charge in [-0.05, 0) is 38.0 Å². The average molecular weight is 332 g/mol. The van der Waals surface area contributed by atoms with Gasteiger partial charge in [-0.15, -0.1) is 0 Å². The van der Waals surface area contributed by atoms with Gasteiger partial charge in [-0.2, -0.15) is 5.10 Å². The first-order valence-corrected chi connectivity index (χ1v) is 8.84. The summed E-state index contributed by atoms with van der Waals surface area (Å²) in [5, 5.41) is 13.7. The van der Waals surface area contributed by atoms with Gasteiger partial charge in [0.1, 0.15) is 11.5 Å². The first-order chi connectivity index (χ1) is 11.7. The van der Waals surface area contributed by atoms with E-state index in [0.717, 1.165) is 63.6 Å². The van der Waals surface area contributed by atoms with Crippen molar-refractivity contribution in [1.82, 2.24) is 19.6 Å². The topological polar surface area (TPSA) is 57.7 Å². The van der Waals surface area contributed by atoms with Crippen molar-refractivity contribution in [2.45, 2.75) is 38.9 Å². The maximum Gasteiger partial charge on any atom is 0.118 e. The summed E-state index contributed by atoms with van der Waals surface area (Å²) in [6.45, 7) is 8.19. The Bertz CT molecular complexity index is 596. The summed E-state index contributed by atoms with van der Waals surface area (Å²) in [4.78, 5) is 4.95. The number of rotatable bonds is 8. The Hall–Kier alpha value is -1.63. The van der Waals surface area contributed by atoms with Crippen LogP contribution in [0.5, 0.6) is 0 Å². The molecule has 6 heteroatoms. The summed E-state index contributed by atoms with van der Waals surface area (Å²) in [6, 6.07) is 6.43. The van der Waals surface area contributed by atoms with E-state index in [0.29, 0.717) is 6.04 Å². The molecule has 1 fully saturated rings. The van der Waals surface area contributed by atoms with Crippen molar-refractivity contribution in [1.29, 1.82) is 0 Å².